The fourth-order valence-corrected chi connectivity index (χ4v) is 6.68. The zero-order chi connectivity index (χ0) is 43.5. The molecule has 0 saturated heterocycles. The van der Waals surface area contributed by atoms with Gasteiger partial charge in [-0.05, 0) is 83.5 Å². The van der Waals surface area contributed by atoms with Crippen LogP contribution in [0, 0.1) is 0 Å². The first-order valence-electron chi connectivity index (χ1n) is 25.1. The lowest BCUT2D eigenvalue weighted by Crippen LogP contribution is -2.30. The molecule has 0 aliphatic carbocycles. The summed E-state index contributed by atoms with van der Waals surface area (Å²) in [5, 5.41) is 0. The van der Waals surface area contributed by atoms with Crippen LogP contribution < -0.4 is 0 Å². The van der Waals surface area contributed by atoms with Gasteiger partial charge in [0, 0.05) is 19.4 Å². The fourth-order valence-electron chi connectivity index (χ4n) is 6.68. The molecule has 1 unspecified atom stereocenters. The van der Waals surface area contributed by atoms with E-state index in [-0.39, 0.29) is 25.2 Å². The summed E-state index contributed by atoms with van der Waals surface area (Å²) in [6.45, 7) is 7.53. The number of rotatable bonds is 45. The van der Waals surface area contributed by atoms with Crippen LogP contribution in [0.5, 0.6) is 0 Å². The van der Waals surface area contributed by atoms with Gasteiger partial charge in [-0.25, -0.2) is 0 Å². The van der Waals surface area contributed by atoms with E-state index in [1.54, 1.807) is 0 Å². The molecular formula is C55H94O5. The van der Waals surface area contributed by atoms with E-state index >= 15 is 0 Å². The Morgan fingerprint density at radius 3 is 1.27 bits per heavy atom. The lowest BCUT2D eigenvalue weighted by atomic mass is 10.0. The average molecular weight is 835 g/mol. The van der Waals surface area contributed by atoms with Crippen molar-refractivity contribution in [2.45, 2.75) is 232 Å². The highest BCUT2D eigenvalue weighted by atomic mass is 16.6. The van der Waals surface area contributed by atoms with Gasteiger partial charge in [-0.2, -0.15) is 0 Å². The number of unbranched alkanes of at least 4 members (excludes halogenated alkanes) is 20. The van der Waals surface area contributed by atoms with E-state index in [2.05, 4.69) is 106 Å². The largest absolute Gasteiger partial charge is 0.462 e. The van der Waals surface area contributed by atoms with Crippen molar-refractivity contribution in [2.75, 3.05) is 19.8 Å². The molecule has 0 bridgehead atoms. The SMILES string of the molecule is CC/C=C\C/C=C\C/C=C\C/C=C\C/C=C\C/C=C\CCCOCC(COC(=O)CCCCCCCCCCCCCCC)OC(=O)CCCCCCC/C=C\CCCC. The molecule has 344 valence electrons. The van der Waals surface area contributed by atoms with Gasteiger partial charge in [-0.15, -0.1) is 0 Å². The molecule has 5 nitrogen and oxygen atoms in total. The van der Waals surface area contributed by atoms with Crippen molar-refractivity contribution >= 4 is 11.9 Å². The molecule has 0 fully saturated rings. The summed E-state index contributed by atoms with van der Waals surface area (Å²) in [5.74, 6) is -0.440. The number of allylic oxidation sites excluding steroid dienone is 14. The van der Waals surface area contributed by atoms with Gasteiger partial charge in [0.15, 0.2) is 6.10 Å². The highest BCUT2D eigenvalue weighted by molar-refractivity contribution is 5.70. The predicted molar refractivity (Wildman–Crippen MR) is 260 cm³/mol. The smallest absolute Gasteiger partial charge is 0.306 e. The monoisotopic (exact) mass is 835 g/mol. The van der Waals surface area contributed by atoms with Crippen molar-refractivity contribution in [3.8, 4) is 0 Å². The molecule has 0 aliphatic rings. The Balaban J connectivity index is 4.35. The number of hydrogen-bond donors (Lipinski definition) is 0. The van der Waals surface area contributed by atoms with Crippen LogP contribution in [-0.4, -0.2) is 37.9 Å². The van der Waals surface area contributed by atoms with Crippen LogP contribution >= 0.6 is 0 Å². The normalized spacial score (nSPS) is 12.9. The van der Waals surface area contributed by atoms with Crippen LogP contribution in [0.15, 0.2) is 85.1 Å². The molecule has 0 spiro atoms. The molecule has 1 atom stereocenters. The maximum absolute atomic E-state index is 12.7. The van der Waals surface area contributed by atoms with Gasteiger partial charge in [0.05, 0.1) is 6.61 Å². The summed E-state index contributed by atoms with van der Waals surface area (Å²) in [6, 6.07) is 0. The lowest BCUT2D eigenvalue weighted by molar-refractivity contribution is -0.163. The highest BCUT2D eigenvalue weighted by Gasteiger charge is 2.17. The molecule has 0 saturated carbocycles. The van der Waals surface area contributed by atoms with Gasteiger partial charge in [0.25, 0.3) is 0 Å². The van der Waals surface area contributed by atoms with E-state index < -0.39 is 6.10 Å². The van der Waals surface area contributed by atoms with Gasteiger partial charge in [0.2, 0.25) is 0 Å². The molecule has 60 heavy (non-hydrogen) atoms. The van der Waals surface area contributed by atoms with Gasteiger partial charge >= 0.3 is 11.9 Å². The summed E-state index contributed by atoms with van der Waals surface area (Å²) in [6.07, 6.45) is 66.0. The molecule has 0 aromatic carbocycles. The number of carbonyl (C=O) groups excluding carboxylic acids is 2. The summed E-state index contributed by atoms with van der Waals surface area (Å²) >= 11 is 0. The molecule has 0 rings (SSSR count). The van der Waals surface area contributed by atoms with E-state index in [9.17, 15) is 9.59 Å². The summed E-state index contributed by atoms with van der Waals surface area (Å²) in [5.41, 5.74) is 0. The number of esters is 2. The van der Waals surface area contributed by atoms with Crippen LogP contribution in [0.2, 0.25) is 0 Å². The highest BCUT2D eigenvalue weighted by Crippen LogP contribution is 2.14. The van der Waals surface area contributed by atoms with Gasteiger partial charge in [-0.1, -0.05) is 215 Å². The molecule has 0 radical (unpaired) electrons. The second-order valence-electron chi connectivity index (χ2n) is 16.3. The topological polar surface area (TPSA) is 61.8 Å². The quantitative estimate of drug-likeness (QED) is 0.0347. The number of carbonyl (C=O) groups is 2. The molecular weight excluding hydrogens is 741 g/mol. The first-order valence-corrected chi connectivity index (χ1v) is 25.1. The zero-order valence-corrected chi connectivity index (χ0v) is 39.5. The van der Waals surface area contributed by atoms with Crippen molar-refractivity contribution in [1.29, 1.82) is 0 Å². The Hall–Kier alpha value is -2.92. The predicted octanol–water partition coefficient (Wildman–Crippen LogP) is 16.9. The molecule has 0 aliphatic heterocycles. The second kappa shape index (κ2) is 50.4. The van der Waals surface area contributed by atoms with Gasteiger partial charge in [0.1, 0.15) is 6.61 Å². The molecule has 5 heteroatoms. The minimum atomic E-state index is -0.571. The summed E-state index contributed by atoms with van der Waals surface area (Å²) in [7, 11) is 0. The first-order chi connectivity index (χ1) is 29.6. The third-order valence-electron chi connectivity index (χ3n) is 10.4. The standard InChI is InChI=1S/C55H94O5/c1-4-7-10-13-16-19-22-24-25-26-27-28-29-30-32-35-38-41-44-47-50-58-51-53(60-55(57)49-46-43-40-37-33-21-18-15-12-9-6-3)52-59-54(56)48-45-42-39-36-34-31-23-20-17-14-11-8-5-2/h7,10,15-16,18-19,24-25,27-28,30,32,38,41,53H,4-6,8-9,11-14,17,20-23,26,29,31,33-37,39-40,42-52H2,1-3H3/b10-7-,18-15-,19-16-,25-24-,28-27-,32-30-,41-38-. The van der Waals surface area contributed by atoms with Crippen molar-refractivity contribution < 1.29 is 23.8 Å². The van der Waals surface area contributed by atoms with Crippen LogP contribution in [-0.2, 0) is 23.8 Å². The van der Waals surface area contributed by atoms with Gasteiger partial charge in [-0.3, -0.25) is 9.59 Å². The van der Waals surface area contributed by atoms with Crippen LogP contribution in [0.4, 0.5) is 0 Å². The molecule has 0 heterocycles. The minimum absolute atomic E-state index is 0.0575. The fraction of sp³-hybridized carbons (Fsp3) is 0.709. The van der Waals surface area contributed by atoms with E-state index in [4.69, 9.17) is 14.2 Å². The maximum Gasteiger partial charge on any atom is 0.306 e. The van der Waals surface area contributed by atoms with Crippen molar-refractivity contribution in [2.24, 2.45) is 0 Å². The number of hydrogen-bond acceptors (Lipinski definition) is 5. The first kappa shape index (κ1) is 57.1. The van der Waals surface area contributed by atoms with Crippen LogP contribution in [0.25, 0.3) is 0 Å². The van der Waals surface area contributed by atoms with E-state index in [1.165, 1.54) is 103 Å². The van der Waals surface area contributed by atoms with Crippen molar-refractivity contribution in [3.05, 3.63) is 85.1 Å². The molecule has 0 amide bonds. The molecule has 0 aromatic heterocycles. The summed E-state index contributed by atoms with van der Waals surface area (Å²) < 4.78 is 17.3. The molecule has 0 N–H and O–H groups in total. The van der Waals surface area contributed by atoms with E-state index in [0.717, 1.165) is 89.9 Å². The van der Waals surface area contributed by atoms with E-state index in [1.807, 2.05) is 0 Å². The Kier molecular flexibility index (Phi) is 48.0. The lowest BCUT2D eigenvalue weighted by Gasteiger charge is -2.18. The molecule has 0 aromatic rings. The Morgan fingerprint density at radius 2 is 0.767 bits per heavy atom. The van der Waals surface area contributed by atoms with E-state index in [0.29, 0.717) is 19.4 Å². The minimum Gasteiger partial charge on any atom is -0.462 e. The van der Waals surface area contributed by atoms with Crippen molar-refractivity contribution in [3.63, 3.8) is 0 Å². The average Bonchev–Trinajstić information content (AvgIpc) is 3.25. The van der Waals surface area contributed by atoms with Crippen molar-refractivity contribution in [1.82, 2.24) is 0 Å². The Labute approximate surface area is 371 Å². The number of ether oxygens (including phenoxy) is 3. The van der Waals surface area contributed by atoms with Gasteiger partial charge < -0.3 is 14.2 Å². The third kappa shape index (κ3) is 47.8. The second-order valence-corrected chi connectivity index (χ2v) is 16.3. The zero-order valence-electron chi connectivity index (χ0n) is 39.5. The van der Waals surface area contributed by atoms with Crippen LogP contribution in [0.3, 0.4) is 0 Å². The Bertz CT molecular complexity index is 1130. The van der Waals surface area contributed by atoms with Crippen LogP contribution in [0.1, 0.15) is 226 Å². The summed E-state index contributed by atoms with van der Waals surface area (Å²) in [4.78, 5) is 25.3. The Morgan fingerprint density at radius 1 is 0.383 bits per heavy atom. The third-order valence-corrected chi connectivity index (χ3v) is 10.4. The maximum atomic E-state index is 12.7.